The molecule has 0 saturated heterocycles. The summed E-state index contributed by atoms with van der Waals surface area (Å²) in [5.74, 6) is -0.116. The molecule has 1 aromatic heterocycles. The van der Waals surface area contributed by atoms with E-state index in [0.717, 1.165) is 29.8 Å². The molecule has 1 heterocycles. The first-order valence-corrected chi connectivity index (χ1v) is 10.0. The van der Waals surface area contributed by atoms with E-state index in [9.17, 15) is 9.90 Å². The molecule has 0 unspecified atom stereocenters. The predicted molar refractivity (Wildman–Crippen MR) is 117 cm³/mol. The quantitative estimate of drug-likeness (QED) is 0.397. The Balaban J connectivity index is 0.00000300. The van der Waals surface area contributed by atoms with Crippen molar-refractivity contribution in [2.24, 2.45) is 0 Å². The predicted octanol–water partition coefficient (Wildman–Crippen LogP) is 1.95. The standard InChI is InChI=1S/C21H24N4O2S.H2O/c22-21-25-18(14-28-21)12-20(27)24-17-8-6-15(7-9-17)10-11-23-13-19(26)16-4-2-1-3-5-16;/h1-9,14,19,23,26H,10-13H2,(H2,22,25)(H,24,27);1H2/t19-;/m0./s1. The summed E-state index contributed by atoms with van der Waals surface area (Å²) in [6.07, 6.45) is 0.545. The number of aromatic nitrogens is 1. The van der Waals surface area contributed by atoms with Gasteiger partial charge in [0.15, 0.2) is 5.13 Å². The van der Waals surface area contributed by atoms with E-state index in [1.807, 2.05) is 54.6 Å². The minimum absolute atomic E-state index is 0. The van der Waals surface area contributed by atoms with E-state index in [4.69, 9.17) is 5.73 Å². The lowest BCUT2D eigenvalue weighted by molar-refractivity contribution is -0.115. The van der Waals surface area contributed by atoms with Crippen molar-refractivity contribution in [2.75, 3.05) is 24.1 Å². The zero-order valence-corrected chi connectivity index (χ0v) is 16.8. The van der Waals surface area contributed by atoms with Crippen molar-refractivity contribution < 1.29 is 15.4 Å². The van der Waals surface area contributed by atoms with Crippen molar-refractivity contribution in [3.8, 4) is 0 Å². The van der Waals surface area contributed by atoms with Crippen LogP contribution in [0.15, 0.2) is 60.0 Å². The first-order valence-electron chi connectivity index (χ1n) is 9.12. The number of carbonyl (C=O) groups is 1. The maximum Gasteiger partial charge on any atom is 0.230 e. The van der Waals surface area contributed by atoms with Crippen molar-refractivity contribution in [2.45, 2.75) is 18.9 Å². The molecule has 0 bridgehead atoms. The molecule has 2 aromatic carbocycles. The van der Waals surface area contributed by atoms with Gasteiger partial charge in [0.25, 0.3) is 0 Å². The molecule has 29 heavy (non-hydrogen) atoms. The fourth-order valence-electron chi connectivity index (χ4n) is 2.79. The van der Waals surface area contributed by atoms with Crippen LogP contribution in [0.5, 0.6) is 0 Å². The number of hydrogen-bond donors (Lipinski definition) is 4. The van der Waals surface area contributed by atoms with Gasteiger partial charge in [-0.2, -0.15) is 0 Å². The fraction of sp³-hybridized carbons (Fsp3) is 0.238. The third kappa shape index (κ3) is 7.28. The van der Waals surface area contributed by atoms with E-state index >= 15 is 0 Å². The van der Waals surface area contributed by atoms with Crippen LogP contribution in [0.3, 0.4) is 0 Å². The molecular weight excluding hydrogens is 388 g/mol. The van der Waals surface area contributed by atoms with Crippen LogP contribution in [0.1, 0.15) is 22.9 Å². The normalized spacial score (nSPS) is 11.5. The van der Waals surface area contributed by atoms with Gasteiger partial charge in [0.2, 0.25) is 5.91 Å². The van der Waals surface area contributed by atoms with Gasteiger partial charge in [-0.3, -0.25) is 4.79 Å². The molecule has 3 rings (SSSR count). The lowest BCUT2D eigenvalue weighted by Gasteiger charge is -2.12. The molecule has 7 nitrogen and oxygen atoms in total. The molecule has 3 aromatic rings. The van der Waals surface area contributed by atoms with Gasteiger partial charge in [-0.1, -0.05) is 42.5 Å². The number of rotatable bonds is 9. The van der Waals surface area contributed by atoms with Crippen LogP contribution >= 0.6 is 11.3 Å². The molecule has 1 atom stereocenters. The zero-order valence-electron chi connectivity index (χ0n) is 16.0. The van der Waals surface area contributed by atoms with Gasteiger partial charge >= 0.3 is 0 Å². The van der Waals surface area contributed by atoms with Gasteiger partial charge in [-0.15, -0.1) is 11.3 Å². The Labute approximate surface area is 173 Å². The molecule has 0 spiro atoms. The molecule has 0 radical (unpaired) electrons. The lowest BCUT2D eigenvalue weighted by atomic mass is 10.1. The Morgan fingerprint density at radius 1 is 1.14 bits per heavy atom. The molecule has 7 N–H and O–H groups in total. The van der Waals surface area contributed by atoms with Crippen LogP contribution in [-0.4, -0.2) is 34.6 Å². The number of nitrogens with two attached hydrogens (primary N) is 1. The Hall–Kier alpha value is -2.78. The van der Waals surface area contributed by atoms with Crippen LogP contribution in [0.2, 0.25) is 0 Å². The van der Waals surface area contributed by atoms with Gasteiger partial charge < -0.3 is 26.9 Å². The van der Waals surface area contributed by atoms with Crippen molar-refractivity contribution in [3.63, 3.8) is 0 Å². The highest BCUT2D eigenvalue weighted by molar-refractivity contribution is 7.13. The van der Waals surface area contributed by atoms with E-state index in [0.29, 0.717) is 17.4 Å². The zero-order chi connectivity index (χ0) is 19.8. The SMILES string of the molecule is Nc1nc(CC(=O)Nc2ccc(CCNC[C@H](O)c3ccccc3)cc2)cs1.O. The van der Waals surface area contributed by atoms with Crippen LogP contribution in [0, 0.1) is 0 Å². The summed E-state index contributed by atoms with van der Waals surface area (Å²) in [7, 11) is 0. The first kappa shape index (κ1) is 22.5. The number of nitrogens with one attached hydrogen (secondary N) is 2. The number of hydrogen-bond acceptors (Lipinski definition) is 6. The number of amides is 1. The van der Waals surface area contributed by atoms with Gasteiger partial charge in [0.05, 0.1) is 18.2 Å². The first-order chi connectivity index (χ1) is 13.6. The highest BCUT2D eigenvalue weighted by Crippen LogP contribution is 2.14. The van der Waals surface area contributed by atoms with Gasteiger partial charge in [-0.25, -0.2) is 4.98 Å². The molecule has 0 aliphatic carbocycles. The number of aliphatic hydroxyl groups is 1. The second-order valence-electron chi connectivity index (χ2n) is 6.48. The maximum absolute atomic E-state index is 12.0. The van der Waals surface area contributed by atoms with E-state index in [-0.39, 0.29) is 17.8 Å². The molecule has 154 valence electrons. The van der Waals surface area contributed by atoms with Crippen molar-refractivity contribution in [1.82, 2.24) is 10.3 Å². The molecule has 1 amide bonds. The molecule has 8 heteroatoms. The molecule has 0 fully saturated rings. The summed E-state index contributed by atoms with van der Waals surface area (Å²) in [5.41, 5.74) is 9.08. The monoisotopic (exact) mass is 414 g/mol. The second kappa shape index (κ2) is 11.3. The molecule has 0 aliphatic heterocycles. The average Bonchev–Trinajstić information content (AvgIpc) is 3.11. The fourth-order valence-corrected chi connectivity index (χ4v) is 3.36. The summed E-state index contributed by atoms with van der Waals surface area (Å²) >= 11 is 1.33. The minimum atomic E-state index is -0.508. The highest BCUT2D eigenvalue weighted by Gasteiger charge is 2.08. The Bertz CT molecular complexity index is 884. The smallest absolute Gasteiger partial charge is 0.230 e. The Morgan fingerprint density at radius 2 is 1.86 bits per heavy atom. The largest absolute Gasteiger partial charge is 0.412 e. The van der Waals surface area contributed by atoms with Crippen LogP contribution < -0.4 is 16.4 Å². The number of anilines is 2. The van der Waals surface area contributed by atoms with E-state index in [1.54, 1.807) is 5.38 Å². The molecule has 0 aliphatic rings. The van der Waals surface area contributed by atoms with Gasteiger partial charge in [-0.05, 0) is 36.2 Å². The second-order valence-corrected chi connectivity index (χ2v) is 7.37. The highest BCUT2D eigenvalue weighted by atomic mass is 32.1. The number of thiazole rings is 1. The molecule has 0 saturated carbocycles. The average molecular weight is 415 g/mol. The number of aliphatic hydroxyl groups excluding tert-OH is 1. The third-order valence-electron chi connectivity index (χ3n) is 4.26. The lowest BCUT2D eigenvalue weighted by Crippen LogP contribution is -2.23. The third-order valence-corrected chi connectivity index (χ3v) is 4.98. The van der Waals surface area contributed by atoms with E-state index in [1.165, 1.54) is 11.3 Å². The van der Waals surface area contributed by atoms with Gasteiger partial charge in [0, 0.05) is 17.6 Å². The summed E-state index contributed by atoms with van der Waals surface area (Å²) in [4.78, 5) is 16.1. The molecular formula is C21H26N4O3S. The van der Waals surface area contributed by atoms with Crippen LogP contribution in [-0.2, 0) is 17.6 Å². The van der Waals surface area contributed by atoms with Crippen molar-refractivity contribution in [1.29, 1.82) is 0 Å². The van der Waals surface area contributed by atoms with Crippen molar-refractivity contribution >= 4 is 28.1 Å². The van der Waals surface area contributed by atoms with E-state index in [2.05, 4.69) is 15.6 Å². The summed E-state index contributed by atoms with van der Waals surface area (Å²) in [6, 6.07) is 17.4. The number of carbonyl (C=O) groups excluding carboxylic acids is 1. The number of nitrogen functional groups attached to an aromatic ring is 1. The van der Waals surface area contributed by atoms with Crippen LogP contribution in [0.25, 0.3) is 0 Å². The Kier molecular flexibility index (Phi) is 8.75. The summed E-state index contributed by atoms with van der Waals surface area (Å²) < 4.78 is 0. The summed E-state index contributed by atoms with van der Waals surface area (Å²) in [5, 5.41) is 18.5. The minimum Gasteiger partial charge on any atom is -0.412 e. The topological polar surface area (TPSA) is 132 Å². The maximum atomic E-state index is 12.0. The van der Waals surface area contributed by atoms with Gasteiger partial charge in [0.1, 0.15) is 0 Å². The Morgan fingerprint density at radius 3 is 2.52 bits per heavy atom. The summed E-state index contributed by atoms with van der Waals surface area (Å²) in [6.45, 7) is 1.28. The number of benzene rings is 2. The number of nitrogens with zero attached hydrogens (tertiary/aromatic N) is 1. The van der Waals surface area contributed by atoms with Crippen molar-refractivity contribution in [3.05, 3.63) is 76.8 Å². The van der Waals surface area contributed by atoms with Crippen LogP contribution in [0.4, 0.5) is 10.8 Å². The van der Waals surface area contributed by atoms with E-state index < -0.39 is 6.10 Å².